The third-order valence-electron chi connectivity index (χ3n) is 1.89. The minimum Gasteiger partial charge on any atom is -0.496 e. The fraction of sp³-hybridized carbons (Fsp3) is 0.364. The summed E-state index contributed by atoms with van der Waals surface area (Å²) in [5.41, 5.74) is 6.63. The fourth-order valence-corrected chi connectivity index (χ4v) is 1.24. The lowest BCUT2D eigenvalue weighted by molar-refractivity contribution is 0.0940. The zero-order valence-electron chi connectivity index (χ0n) is 9.20. The van der Waals surface area contributed by atoms with E-state index in [4.69, 9.17) is 10.5 Å². The number of amides is 1. The largest absolute Gasteiger partial charge is 0.496 e. The van der Waals surface area contributed by atoms with Crippen LogP contribution in [-0.4, -0.2) is 19.1 Å². The standard InChI is InChI=1S/C11H16N2O2/c1-7(2)13-11(14)9-6-8(12)4-5-10(9)15-3/h4-7H,12H2,1-3H3,(H,13,14). The van der Waals surface area contributed by atoms with Crippen LogP contribution in [0.15, 0.2) is 18.2 Å². The Morgan fingerprint density at radius 3 is 2.67 bits per heavy atom. The summed E-state index contributed by atoms with van der Waals surface area (Å²) in [4.78, 5) is 11.7. The van der Waals surface area contributed by atoms with Gasteiger partial charge in [0.05, 0.1) is 12.7 Å². The first-order valence-corrected chi connectivity index (χ1v) is 4.79. The molecule has 0 fully saturated rings. The lowest BCUT2D eigenvalue weighted by Crippen LogP contribution is -2.30. The summed E-state index contributed by atoms with van der Waals surface area (Å²) in [7, 11) is 1.53. The van der Waals surface area contributed by atoms with Crippen molar-refractivity contribution in [3.8, 4) is 5.75 Å². The van der Waals surface area contributed by atoms with Crippen LogP contribution in [0.2, 0.25) is 0 Å². The number of anilines is 1. The summed E-state index contributed by atoms with van der Waals surface area (Å²) < 4.78 is 5.09. The Labute approximate surface area is 89.4 Å². The first-order chi connectivity index (χ1) is 7.04. The highest BCUT2D eigenvalue weighted by molar-refractivity contribution is 5.97. The van der Waals surface area contributed by atoms with Crippen LogP contribution in [0.4, 0.5) is 5.69 Å². The van der Waals surface area contributed by atoms with Gasteiger partial charge in [0, 0.05) is 11.7 Å². The number of nitrogen functional groups attached to an aromatic ring is 1. The summed E-state index contributed by atoms with van der Waals surface area (Å²) in [5.74, 6) is 0.358. The first kappa shape index (κ1) is 11.4. The zero-order valence-corrected chi connectivity index (χ0v) is 9.20. The highest BCUT2D eigenvalue weighted by Gasteiger charge is 2.12. The van der Waals surface area contributed by atoms with E-state index in [-0.39, 0.29) is 11.9 Å². The Morgan fingerprint density at radius 2 is 2.13 bits per heavy atom. The van der Waals surface area contributed by atoms with Gasteiger partial charge in [0.1, 0.15) is 5.75 Å². The minimum absolute atomic E-state index is 0.0867. The quantitative estimate of drug-likeness (QED) is 0.738. The van der Waals surface area contributed by atoms with E-state index >= 15 is 0 Å². The van der Waals surface area contributed by atoms with Gasteiger partial charge >= 0.3 is 0 Å². The second kappa shape index (κ2) is 4.68. The van der Waals surface area contributed by atoms with Crippen LogP contribution in [0, 0.1) is 0 Å². The predicted octanol–water partition coefficient (Wildman–Crippen LogP) is 1.42. The molecule has 0 unspecified atom stereocenters. The Balaban J connectivity index is 3.00. The van der Waals surface area contributed by atoms with E-state index in [1.54, 1.807) is 18.2 Å². The van der Waals surface area contributed by atoms with E-state index in [9.17, 15) is 4.79 Å². The monoisotopic (exact) mass is 208 g/mol. The van der Waals surface area contributed by atoms with Gasteiger partial charge in [-0.25, -0.2) is 0 Å². The Morgan fingerprint density at radius 1 is 1.47 bits per heavy atom. The topological polar surface area (TPSA) is 64.3 Å². The van der Waals surface area contributed by atoms with Gasteiger partial charge in [0.2, 0.25) is 0 Å². The molecule has 1 aromatic carbocycles. The highest BCUT2D eigenvalue weighted by Crippen LogP contribution is 2.20. The fourth-order valence-electron chi connectivity index (χ4n) is 1.24. The lowest BCUT2D eigenvalue weighted by Gasteiger charge is -2.11. The minimum atomic E-state index is -0.172. The maximum Gasteiger partial charge on any atom is 0.255 e. The summed E-state index contributed by atoms with van der Waals surface area (Å²) >= 11 is 0. The van der Waals surface area contributed by atoms with E-state index in [1.807, 2.05) is 13.8 Å². The molecule has 3 N–H and O–H groups in total. The van der Waals surface area contributed by atoms with Crippen molar-refractivity contribution in [1.82, 2.24) is 5.32 Å². The van der Waals surface area contributed by atoms with Gasteiger partial charge < -0.3 is 15.8 Å². The molecule has 0 spiro atoms. The van der Waals surface area contributed by atoms with Gasteiger partial charge in [0.15, 0.2) is 0 Å². The second-order valence-corrected chi connectivity index (χ2v) is 3.59. The molecule has 1 aromatic rings. The summed E-state index contributed by atoms with van der Waals surface area (Å²) in [6.07, 6.45) is 0. The van der Waals surface area contributed by atoms with E-state index < -0.39 is 0 Å². The van der Waals surface area contributed by atoms with Crippen molar-refractivity contribution in [1.29, 1.82) is 0 Å². The third kappa shape index (κ3) is 2.87. The van der Waals surface area contributed by atoms with Crippen molar-refractivity contribution in [2.45, 2.75) is 19.9 Å². The van der Waals surface area contributed by atoms with Crippen molar-refractivity contribution in [3.63, 3.8) is 0 Å². The second-order valence-electron chi connectivity index (χ2n) is 3.59. The molecule has 0 aliphatic heterocycles. The van der Waals surface area contributed by atoms with E-state index in [0.29, 0.717) is 17.0 Å². The van der Waals surface area contributed by atoms with Crippen LogP contribution < -0.4 is 15.8 Å². The van der Waals surface area contributed by atoms with Crippen molar-refractivity contribution < 1.29 is 9.53 Å². The molecule has 82 valence electrons. The van der Waals surface area contributed by atoms with Crippen LogP contribution in [0.25, 0.3) is 0 Å². The molecule has 0 heterocycles. The van der Waals surface area contributed by atoms with E-state index in [0.717, 1.165) is 0 Å². The molecule has 0 bridgehead atoms. The molecule has 4 heteroatoms. The molecule has 4 nitrogen and oxygen atoms in total. The normalized spacial score (nSPS) is 10.1. The summed E-state index contributed by atoms with van der Waals surface area (Å²) in [6, 6.07) is 5.08. The molecule has 0 radical (unpaired) electrons. The molecular formula is C11H16N2O2. The van der Waals surface area contributed by atoms with Crippen molar-refractivity contribution in [2.75, 3.05) is 12.8 Å². The van der Waals surface area contributed by atoms with E-state index in [2.05, 4.69) is 5.32 Å². The molecule has 0 aliphatic carbocycles. The number of benzene rings is 1. The van der Waals surface area contributed by atoms with Gasteiger partial charge in [-0.3, -0.25) is 4.79 Å². The van der Waals surface area contributed by atoms with Crippen molar-refractivity contribution in [2.24, 2.45) is 0 Å². The van der Waals surface area contributed by atoms with Gasteiger partial charge in [-0.2, -0.15) is 0 Å². The highest BCUT2D eigenvalue weighted by atomic mass is 16.5. The third-order valence-corrected chi connectivity index (χ3v) is 1.89. The number of hydrogen-bond donors (Lipinski definition) is 2. The number of ether oxygens (including phenoxy) is 1. The number of carbonyl (C=O) groups excluding carboxylic acids is 1. The SMILES string of the molecule is COc1ccc(N)cc1C(=O)NC(C)C. The molecule has 0 aromatic heterocycles. The maximum atomic E-state index is 11.7. The lowest BCUT2D eigenvalue weighted by atomic mass is 10.1. The molecule has 1 amide bonds. The van der Waals surface area contributed by atoms with Gasteiger partial charge in [-0.1, -0.05) is 0 Å². The van der Waals surface area contributed by atoms with Crippen LogP contribution in [-0.2, 0) is 0 Å². The first-order valence-electron chi connectivity index (χ1n) is 4.79. The van der Waals surface area contributed by atoms with Crippen LogP contribution in [0.1, 0.15) is 24.2 Å². The molecule has 0 atom stereocenters. The number of methoxy groups -OCH3 is 1. The number of hydrogen-bond acceptors (Lipinski definition) is 3. The predicted molar refractivity (Wildman–Crippen MR) is 60.0 cm³/mol. The summed E-state index contributed by atoms with van der Waals surface area (Å²) in [5, 5.41) is 2.79. The van der Waals surface area contributed by atoms with Gasteiger partial charge in [-0.15, -0.1) is 0 Å². The Hall–Kier alpha value is -1.71. The maximum absolute atomic E-state index is 11.7. The van der Waals surface area contributed by atoms with Crippen LogP contribution in [0.3, 0.4) is 0 Å². The van der Waals surface area contributed by atoms with Crippen molar-refractivity contribution >= 4 is 11.6 Å². The Kier molecular flexibility index (Phi) is 3.55. The number of nitrogens with two attached hydrogens (primary N) is 1. The molecule has 1 rings (SSSR count). The molecule has 0 saturated carbocycles. The average molecular weight is 208 g/mol. The molecular weight excluding hydrogens is 192 g/mol. The summed E-state index contributed by atoms with van der Waals surface area (Å²) in [6.45, 7) is 3.80. The molecule has 15 heavy (non-hydrogen) atoms. The zero-order chi connectivity index (χ0) is 11.4. The smallest absolute Gasteiger partial charge is 0.255 e. The molecule has 0 aliphatic rings. The number of nitrogens with one attached hydrogen (secondary N) is 1. The van der Waals surface area contributed by atoms with Crippen LogP contribution >= 0.6 is 0 Å². The average Bonchev–Trinajstić information content (AvgIpc) is 2.16. The van der Waals surface area contributed by atoms with Crippen LogP contribution in [0.5, 0.6) is 5.75 Å². The number of rotatable bonds is 3. The van der Waals surface area contributed by atoms with Gasteiger partial charge in [-0.05, 0) is 32.0 Å². The molecule has 0 saturated heterocycles. The number of carbonyl (C=O) groups is 1. The Bertz CT molecular complexity index is 362. The van der Waals surface area contributed by atoms with Crippen molar-refractivity contribution in [3.05, 3.63) is 23.8 Å². The van der Waals surface area contributed by atoms with Gasteiger partial charge in [0.25, 0.3) is 5.91 Å². The van der Waals surface area contributed by atoms with E-state index in [1.165, 1.54) is 7.11 Å².